The number of halogens is 3. The second-order valence-electron chi connectivity index (χ2n) is 4.21. The van der Waals surface area contributed by atoms with Gasteiger partial charge in [0.05, 0.1) is 6.54 Å². The van der Waals surface area contributed by atoms with Crippen LogP contribution in [0.4, 0.5) is 13.2 Å². The Kier molecular flexibility index (Phi) is 6.11. The second-order valence-corrected chi connectivity index (χ2v) is 4.21. The fourth-order valence-corrected chi connectivity index (χ4v) is 1.49. The summed E-state index contributed by atoms with van der Waals surface area (Å²) >= 11 is 0. The highest BCUT2D eigenvalue weighted by Crippen LogP contribution is 2.14. The van der Waals surface area contributed by atoms with E-state index in [1.807, 2.05) is 25.1 Å². The Balaban J connectivity index is 2.27. The molecule has 19 heavy (non-hydrogen) atoms. The fraction of sp³-hybridized carbons (Fsp3) is 0.538. The van der Waals surface area contributed by atoms with E-state index in [2.05, 4.69) is 5.32 Å². The molecule has 0 aliphatic carbocycles. The van der Waals surface area contributed by atoms with Crippen molar-refractivity contribution in [3.63, 3.8) is 0 Å². The number of hydrogen-bond donors (Lipinski definition) is 2. The highest BCUT2D eigenvalue weighted by molar-refractivity contribution is 5.28. The van der Waals surface area contributed by atoms with Crippen molar-refractivity contribution in [2.45, 2.75) is 25.6 Å². The second kappa shape index (κ2) is 7.35. The van der Waals surface area contributed by atoms with Crippen LogP contribution in [-0.2, 0) is 6.42 Å². The molecule has 1 rings (SSSR count). The van der Waals surface area contributed by atoms with Crippen LogP contribution in [0.2, 0.25) is 0 Å². The lowest BCUT2D eigenvalue weighted by molar-refractivity contribution is -0.125. The summed E-state index contributed by atoms with van der Waals surface area (Å²) in [4.78, 5) is 0. The van der Waals surface area contributed by atoms with E-state index >= 15 is 0 Å². The van der Waals surface area contributed by atoms with Crippen molar-refractivity contribution in [3.05, 3.63) is 29.8 Å². The monoisotopic (exact) mass is 277 g/mol. The number of rotatable bonds is 7. The first-order valence-corrected chi connectivity index (χ1v) is 6.08. The molecule has 0 aliphatic rings. The molecule has 0 aliphatic heterocycles. The zero-order chi connectivity index (χ0) is 14.3. The van der Waals surface area contributed by atoms with Gasteiger partial charge < -0.3 is 15.2 Å². The molecule has 0 amide bonds. The standard InChI is InChI=1S/C13H18F3NO2/c1-2-10-4-3-5-12(6-10)19-8-11(18)7-17-9-13(14,15)16/h3-6,11,17-18H,2,7-9H2,1H3. The molecule has 0 saturated heterocycles. The van der Waals surface area contributed by atoms with Gasteiger partial charge in [0.25, 0.3) is 0 Å². The van der Waals surface area contributed by atoms with Gasteiger partial charge in [-0.15, -0.1) is 0 Å². The quantitative estimate of drug-likeness (QED) is 0.802. The van der Waals surface area contributed by atoms with Gasteiger partial charge in [0, 0.05) is 6.54 Å². The number of nitrogens with one attached hydrogen (secondary N) is 1. The summed E-state index contributed by atoms with van der Waals surface area (Å²) in [5, 5.41) is 11.6. The summed E-state index contributed by atoms with van der Waals surface area (Å²) in [5.41, 5.74) is 1.10. The van der Waals surface area contributed by atoms with Gasteiger partial charge >= 0.3 is 6.18 Å². The summed E-state index contributed by atoms with van der Waals surface area (Å²) in [5.74, 6) is 0.606. The number of ether oxygens (including phenoxy) is 1. The van der Waals surface area contributed by atoms with Crippen molar-refractivity contribution in [3.8, 4) is 5.75 Å². The van der Waals surface area contributed by atoms with Gasteiger partial charge in [0.1, 0.15) is 18.5 Å². The van der Waals surface area contributed by atoms with Gasteiger partial charge in [0.2, 0.25) is 0 Å². The molecule has 6 heteroatoms. The maximum Gasteiger partial charge on any atom is 0.401 e. The van der Waals surface area contributed by atoms with Crippen LogP contribution in [0.15, 0.2) is 24.3 Å². The Labute approximate surface area is 110 Å². The molecule has 0 aromatic heterocycles. The van der Waals surface area contributed by atoms with Crippen molar-refractivity contribution in [1.29, 1.82) is 0 Å². The van der Waals surface area contributed by atoms with Gasteiger partial charge in [-0.05, 0) is 24.1 Å². The summed E-state index contributed by atoms with van der Waals surface area (Å²) in [6.07, 6.45) is -4.38. The number of aliphatic hydroxyl groups is 1. The molecule has 0 radical (unpaired) electrons. The molecule has 0 bridgehead atoms. The van der Waals surface area contributed by atoms with E-state index < -0.39 is 18.8 Å². The normalized spacial score (nSPS) is 13.3. The zero-order valence-corrected chi connectivity index (χ0v) is 10.7. The summed E-state index contributed by atoms with van der Waals surface area (Å²) in [7, 11) is 0. The molecule has 108 valence electrons. The van der Waals surface area contributed by atoms with E-state index in [9.17, 15) is 18.3 Å². The summed E-state index contributed by atoms with van der Waals surface area (Å²) in [6.45, 7) is 0.690. The molecule has 1 unspecified atom stereocenters. The zero-order valence-electron chi connectivity index (χ0n) is 10.7. The number of benzene rings is 1. The first kappa shape index (κ1) is 15.8. The minimum absolute atomic E-state index is 0.0436. The Morgan fingerprint density at radius 1 is 1.37 bits per heavy atom. The molecule has 1 aromatic rings. The highest BCUT2D eigenvalue weighted by Gasteiger charge is 2.26. The lowest BCUT2D eigenvalue weighted by Gasteiger charge is -2.14. The Morgan fingerprint density at radius 2 is 2.11 bits per heavy atom. The third kappa shape index (κ3) is 7.03. The Bertz CT molecular complexity index is 382. The average molecular weight is 277 g/mol. The van der Waals surface area contributed by atoms with Gasteiger partial charge in [-0.3, -0.25) is 0 Å². The van der Waals surface area contributed by atoms with Crippen LogP contribution < -0.4 is 10.1 Å². The number of aryl methyl sites for hydroxylation is 1. The number of hydrogen-bond acceptors (Lipinski definition) is 3. The molecule has 0 spiro atoms. The van der Waals surface area contributed by atoms with E-state index in [0.29, 0.717) is 5.75 Å². The van der Waals surface area contributed by atoms with Crippen LogP contribution in [0.3, 0.4) is 0 Å². The minimum atomic E-state index is -4.27. The predicted molar refractivity (Wildman–Crippen MR) is 66.2 cm³/mol. The molecule has 0 fully saturated rings. The van der Waals surface area contributed by atoms with Crippen molar-refractivity contribution >= 4 is 0 Å². The number of alkyl halides is 3. The van der Waals surface area contributed by atoms with Gasteiger partial charge in [-0.25, -0.2) is 0 Å². The summed E-state index contributed by atoms with van der Waals surface area (Å²) in [6, 6.07) is 7.38. The van der Waals surface area contributed by atoms with E-state index in [4.69, 9.17) is 4.74 Å². The lowest BCUT2D eigenvalue weighted by Crippen LogP contribution is -2.37. The van der Waals surface area contributed by atoms with Crippen LogP contribution in [0.1, 0.15) is 12.5 Å². The lowest BCUT2D eigenvalue weighted by atomic mass is 10.2. The third-order valence-electron chi connectivity index (χ3n) is 2.45. The van der Waals surface area contributed by atoms with Crippen LogP contribution in [0.25, 0.3) is 0 Å². The summed E-state index contributed by atoms with van der Waals surface area (Å²) < 4.78 is 40.9. The van der Waals surface area contributed by atoms with E-state index in [-0.39, 0.29) is 13.2 Å². The average Bonchev–Trinajstić information content (AvgIpc) is 2.35. The van der Waals surface area contributed by atoms with Gasteiger partial charge in [0.15, 0.2) is 0 Å². The molecule has 1 aromatic carbocycles. The maximum absolute atomic E-state index is 11.9. The van der Waals surface area contributed by atoms with Crippen molar-refractivity contribution < 1.29 is 23.0 Å². The highest BCUT2D eigenvalue weighted by atomic mass is 19.4. The van der Waals surface area contributed by atoms with Gasteiger partial charge in [-0.1, -0.05) is 19.1 Å². The van der Waals surface area contributed by atoms with Crippen molar-refractivity contribution in [1.82, 2.24) is 5.32 Å². The van der Waals surface area contributed by atoms with Crippen LogP contribution in [0.5, 0.6) is 5.75 Å². The molecule has 3 nitrogen and oxygen atoms in total. The van der Waals surface area contributed by atoms with Crippen LogP contribution >= 0.6 is 0 Å². The Hall–Kier alpha value is -1.27. The SMILES string of the molecule is CCc1cccc(OCC(O)CNCC(F)(F)F)c1. The van der Waals surface area contributed by atoms with E-state index in [0.717, 1.165) is 12.0 Å². The Morgan fingerprint density at radius 3 is 2.74 bits per heavy atom. The molecular formula is C13H18F3NO2. The largest absolute Gasteiger partial charge is 0.491 e. The smallest absolute Gasteiger partial charge is 0.401 e. The fourth-order valence-electron chi connectivity index (χ4n) is 1.49. The first-order chi connectivity index (χ1) is 8.90. The first-order valence-electron chi connectivity index (χ1n) is 6.08. The maximum atomic E-state index is 11.9. The number of aliphatic hydroxyl groups excluding tert-OH is 1. The molecule has 0 saturated carbocycles. The molecule has 0 heterocycles. The third-order valence-corrected chi connectivity index (χ3v) is 2.45. The minimum Gasteiger partial charge on any atom is -0.491 e. The van der Waals surface area contributed by atoms with Crippen LogP contribution in [-0.4, -0.2) is 37.1 Å². The molecule has 2 N–H and O–H groups in total. The van der Waals surface area contributed by atoms with E-state index in [1.165, 1.54) is 0 Å². The topological polar surface area (TPSA) is 41.5 Å². The van der Waals surface area contributed by atoms with E-state index in [1.54, 1.807) is 6.07 Å². The van der Waals surface area contributed by atoms with Crippen molar-refractivity contribution in [2.24, 2.45) is 0 Å². The molecular weight excluding hydrogens is 259 g/mol. The predicted octanol–water partition coefficient (Wildman–Crippen LogP) is 2.14. The van der Waals surface area contributed by atoms with Gasteiger partial charge in [-0.2, -0.15) is 13.2 Å². The van der Waals surface area contributed by atoms with Crippen molar-refractivity contribution in [2.75, 3.05) is 19.7 Å². The van der Waals surface area contributed by atoms with Crippen LogP contribution in [0, 0.1) is 0 Å². The molecule has 1 atom stereocenters.